The van der Waals surface area contributed by atoms with Crippen LogP contribution in [0.4, 0.5) is 0 Å². The van der Waals surface area contributed by atoms with Gasteiger partial charge in [0.05, 0.1) is 26.7 Å². The van der Waals surface area contributed by atoms with E-state index in [0.717, 1.165) is 59.6 Å². The molecule has 23 heavy (non-hydrogen) atoms. The second-order valence-corrected chi connectivity index (χ2v) is 6.88. The molecule has 1 aromatic rings. The fourth-order valence-corrected chi connectivity index (χ4v) is 3.80. The summed E-state index contributed by atoms with van der Waals surface area (Å²) >= 11 is 0. The molecule has 1 aromatic carbocycles. The fraction of sp³-hybridized carbons (Fsp3) is 0.611. The Morgan fingerprint density at radius 1 is 1.13 bits per heavy atom. The van der Waals surface area contributed by atoms with Gasteiger partial charge in [-0.25, -0.2) is 0 Å². The van der Waals surface area contributed by atoms with Gasteiger partial charge in [0.15, 0.2) is 11.5 Å². The summed E-state index contributed by atoms with van der Waals surface area (Å²) in [6, 6.07) is 0. The van der Waals surface area contributed by atoms with Crippen molar-refractivity contribution < 1.29 is 24.1 Å². The predicted molar refractivity (Wildman–Crippen MR) is 85.9 cm³/mol. The zero-order chi connectivity index (χ0) is 16.6. The third-order valence-electron chi connectivity index (χ3n) is 4.67. The molecule has 0 atom stereocenters. The van der Waals surface area contributed by atoms with Crippen molar-refractivity contribution >= 4 is 5.97 Å². The van der Waals surface area contributed by atoms with E-state index in [4.69, 9.17) is 14.2 Å². The van der Waals surface area contributed by atoms with Crippen LogP contribution in [0, 0.1) is 0 Å². The molecule has 3 rings (SSSR count). The van der Waals surface area contributed by atoms with Gasteiger partial charge in [-0.05, 0) is 25.7 Å². The van der Waals surface area contributed by atoms with Gasteiger partial charge in [-0.1, -0.05) is 13.8 Å². The van der Waals surface area contributed by atoms with E-state index in [-0.39, 0.29) is 6.42 Å². The Morgan fingerprint density at radius 3 is 2.35 bits per heavy atom. The van der Waals surface area contributed by atoms with Gasteiger partial charge in [0.25, 0.3) is 0 Å². The third kappa shape index (κ3) is 2.73. The van der Waals surface area contributed by atoms with Crippen molar-refractivity contribution in [2.75, 3.05) is 20.3 Å². The Balaban J connectivity index is 2.27. The molecule has 0 bridgehead atoms. The molecule has 0 unspecified atom stereocenters. The first kappa shape index (κ1) is 16.0. The molecule has 2 aliphatic heterocycles. The van der Waals surface area contributed by atoms with Gasteiger partial charge in [-0.3, -0.25) is 4.79 Å². The fourth-order valence-electron chi connectivity index (χ4n) is 3.80. The van der Waals surface area contributed by atoms with E-state index in [1.165, 1.54) is 0 Å². The molecule has 0 radical (unpaired) electrons. The normalized spacial score (nSPS) is 16.7. The first-order valence-electron chi connectivity index (χ1n) is 8.19. The van der Waals surface area contributed by atoms with Crippen LogP contribution < -0.4 is 14.2 Å². The van der Waals surface area contributed by atoms with Crippen molar-refractivity contribution in [3.8, 4) is 17.2 Å². The summed E-state index contributed by atoms with van der Waals surface area (Å²) in [5.41, 5.74) is 2.54. The molecule has 0 saturated heterocycles. The number of ether oxygens (including phenoxy) is 3. The number of aliphatic carboxylic acids is 1. The van der Waals surface area contributed by atoms with Crippen LogP contribution in [0.3, 0.4) is 0 Å². The Morgan fingerprint density at radius 2 is 1.74 bits per heavy atom. The predicted octanol–water partition coefficient (Wildman–Crippen LogP) is 3.10. The van der Waals surface area contributed by atoms with Crippen LogP contribution in [0.25, 0.3) is 0 Å². The molecule has 0 aliphatic carbocycles. The minimum atomic E-state index is -0.805. The highest BCUT2D eigenvalue weighted by Gasteiger charge is 2.37. The van der Waals surface area contributed by atoms with Crippen LogP contribution in [0.15, 0.2) is 0 Å². The number of fused-ring (bicyclic) bond motifs is 2. The topological polar surface area (TPSA) is 65.0 Å². The van der Waals surface area contributed by atoms with E-state index < -0.39 is 11.4 Å². The molecule has 126 valence electrons. The maximum atomic E-state index is 11.4. The molecule has 0 spiro atoms. The smallest absolute Gasteiger partial charge is 0.304 e. The number of carboxylic acids is 1. The molecule has 0 aromatic heterocycles. The van der Waals surface area contributed by atoms with Crippen molar-refractivity contribution in [1.82, 2.24) is 0 Å². The van der Waals surface area contributed by atoms with E-state index in [9.17, 15) is 9.90 Å². The lowest BCUT2D eigenvalue weighted by Crippen LogP contribution is -2.28. The Hall–Kier alpha value is -1.91. The molecule has 5 nitrogen and oxygen atoms in total. The highest BCUT2D eigenvalue weighted by atomic mass is 16.5. The summed E-state index contributed by atoms with van der Waals surface area (Å²) in [5, 5.41) is 9.32. The molecule has 1 N–H and O–H groups in total. The summed E-state index contributed by atoms with van der Waals surface area (Å²) in [7, 11) is 1.66. The van der Waals surface area contributed by atoms with Crippen molar-refractivity contribution in [2.45, 2.75) is 51.4 Å². The summed E-state index contributed by atoms with van der Waals surface area (Å²) in [5.74, 6) is 1.57. The van der Waals surface area contributed by atoms with Gasteiger partial charge < -0.3 is 19.3 Å². The van der Waals surface area contributed by atoms with Gasteiger partial charge in [0.1, 0.15) is 5.75 Å². The van der Waals surface area contributed by atoms with Crippen LogP contribution in [0.5, 0.6) is 17.2 Å². The average Bonchev–Trinajstić information content (AvgIpc) is 2.50. The van der Waals surface area contributed by atoms with Gasteiger partial charge in [-0.2, -0.15) is 0 Å². The minimum absolute atomic E-state index is 0.0571. The number of carboxylic acid groups (broad SMARTS) is 1. The molecule has 0 amide bonds. The number of benzene rings is 1. The summed E-state index contributed by atoms with van der Waals surface area (Å²) in [6.45, 7) is 5.26. The van der Waals surface area contributed by atoms with E-state index in [2.05, 4.69) is 0 Å². The summed E-state index contributed by atoms with van der Waals surface area (Å²) in [6.07, 6.45) is 3.64. The zero-order valence-corrected chi connectivity index (χ0v) is 14.0. The number of rotatable bonds is 4. The highest BCUT2D eigenvalue weighted by molar-refractivity contribution is 5.72. The van der Waals surface area contributed by atoms with Crippen LogP contribution >= 0.6 is 0 Å². The molecule has 5 heteroatoms. The largest absolute Gasteiger partial charge is 0.493 e. The quantitative estimate of drug-likeness (QED) is 0.923. The number of hydrogen-bond acceptors (Lipinski definition) is 4. The molecule has 2 heterocycles. The maximum Gasteiger partial charge on any atom is 0.304 e. The Kier molecular flexibility index (Phi) is 4.13. The van der Waals surface area contributed by atoms with Gasteiger partial charge in [0, 0.05) is 22.1 Å². The Bertz CT molecular complexity index is 596. The first-order chi connectivity index (χ1) is 11.0. The lowest BCUT2D eigenvalue weighted by molar-refractivity contribution is -0.138. The monoisotopic (exact) mass is 320 g/mol. The van der Waals surface area contributed by atoms with Crippen LogP contribution in [0.1, 0.15) is 49.8 Å². The lowest BCUT2D eigenvalue weighted by atomic mass is 9.75. The van der Waals surface area contributed by atoms with Gasteiger partial charge in [-0.15, -0.1) is 0 Å². The highest BCUT2D eigenvalue weighted by Crippen LogP contribution is 2.52. The van der Waals surface area contributed by atoms with Crippen molar-refractivity contribution in [3.63, 3.8) is 0 Å². The maximum absolute atomic E-state index is 11.4. The third-order valence-corrected chi connectivity index (χ3v) is 4.67. The minimum Gasteiger partial charge on any atom is -0.493 e. The second kappa shape index (κ2) is 5.95. The zero-order valence-electron chi connectivity index (χ0n) is 14.0. The first-order valence-corrected chi connectivity index (χ1v) is 8.19. The van der Waals surface area contributed by atoms with E-state index >= 15 is 0 Å². The Labute approximate surface area is 136 Å². The van der Waals surface area contributed by atoms with Gasteiger partial charge in [0.2, 0.25) is 0 Å². The molecular weight excluding hydrogens is 296 g/mol. The number of carbonyl (C=O) groups is 1. The number of hydrogen-bond donors (Lipinski definition) is 1. The summed E-state index contributed by atoms with van der Waals surface area (Å²) in [4.78, 5) is 11.4. The van der Waals surface area contributed by atoms with Crippen LogP contribution in [0.2, 0.25) is 0 Å². The van der Waals surface area contributed by atoms with Crippen molar-refractivity contribution in [2.24, 2.45) is 0 Å². The van der Waals surface area contributed by atoms with Crippen LogP contribution in [-0.2, 0) is 23.1 Å². The SMILES string of the molecule is COc1c2c(c(C(C)(C)CC(=O)O)c3c1OCCC3)OCCC2. The van der Waals surface area contributed by atoms with Crippen molar-refractivity contribution in [1.29, 1.82) is 0 Å². The number of methoxy groups -OCH3 is 1. The molecule has 2 aliphatic rings. The van der Waals surface area contributed by atoms with Gasteiger partial charge >= 0.3 is 5.97 Å². The summed E-state index contributed by atoms with van der Waals surface area (Å²) < 4.78 is 17.6. The van der Waals surface area contributed by atoms with E-state index in [0.29, 0.717) is 13.2 Å². The van der Waals surface area contributed by atoms with Crippen molar-refractivity contribution in [3.05, 3.63) is 16.7 Å². The van der Waals surface area contributed by atoms with Crippen LogP contribution in [-0.4, -0.2) is 31.4 Å². The van der Waals surface area contributed by atoms with E-state index in [1.54, 1.807) is 7.11 Å². The second-order valence-electron chi connectivity index (χ2n) is 6.88. The lowest BCUT2D eigenvalue weighted by Gasteiger charge is -2.35. The standard InChI is InChI=1S/C18H24O5/c1-18(2,10-13(19)20)14-11-6-4-9-23-17(11)16(21-3)12-7-5-8-22-15(12)14/h4-10H2,1-3H3,(H,19,20). The average molecular weight is 320 g/mol. The molecular formula is C18H24O5. The molecule has 0 saturated carbocycles. The molecule has 0 fully saturated rings. The van der Waals surface area contributed by atoms with E-state index in [1.807, 2.05) is 13.8 Å².